The first-order valence-corrected chi connectivity index (χ1v) is 17.3. The highest BCUT2D eigenvalue weighted by Gasteiger charge is 2.28. The molecule has 0 saturated heterocycles. The fraction of sp³-hybridized carbons (Fsp3) is 0.216. The van der Waals surface area contributed by atoms with E-state index >= 15 is 0 Å². The van der Waals surface area contributed by atoms with Gasteiger partial charge >= 0.3 is 0 Å². The zero-order valence-electron chi connectivity index (χ0n) is 27.2. The zero-order valence-corrected chi connectivity index (χ0v) is 28.9. The lowest BCUT2D eigenvalue weighted by Gasteiger charge is -2.25. The molecule has 250 valence electrons. The molecule has 3 N–H and O–H groups in total. The normalized spacial score (nSPS) is 13.0. The molecular formula is C37H35N5O5S2. The third kappa shape index (κ3) is 8.76. The van der Waals surface area contributed by atoms with Gasteiger partial charge in [0, 0.05) is 34.5 Å². The first kappa shape index (κ1) is 34.9. The van der Waals surface area contributed by atoms with Crippen molar-refractivity contribution in [1.29, 1.82) is 5.26 Å². The summed E-state index contributed by atoms with van der Waals surface area (Å²) in [7, 11) is 1.55. The van der Waals surface area contributed by atoms with E-state index in [-0.39, 0.29) is 17.5 Å². The van der Waals surface area contributed by atoms with Crippen molar-refractivity contribution in [2.45, 2.75) is 43.4 Å². The van der Waals surface area contributed by atoms with Gasteiger partial charge in [-0.2, -0.15) is 5.26 Å². The molecule has 10 nitrogen and oxygen atoms in total. The van der Waals surface area contributed by atoms with Crippen LogP contribution in [0.4, 0.5) is 10.7 Å². The molecule has 0 fully saturated rings. The van der Waals surface area contributed by atoms with Crippen molar-refractivity contribution in [3.63, 3.8) is 0 Å². The summed E-state index contributed by atoms with van der Waals surface area (Å²) in [6.07, 6.45) is 2.66. The summed E-state index contributed by atoms with van der Waals surface area (Å²) in [6.45, 7) is 4.40. The van der Waals surface area contributed by atoms with E-state index in [1.165, 1.54) is 30.0 Å². The standard InChI is InChI=1S/C37H35N5O5S2/c1-4-32(36(46)41-37-30(21-38)29-16-17-42(23(2)43)22-33(29)49-37)48-28-15-9-13-26(20-28)39-35(45)31(19-24-10-8-14-27(18-24)47-3)40-34(44)25-11-6-5-7-12-25/h5-15,18-20,32H,4,16-17,22H2,1-3H3,(H,39,45)(H,40,44)(H,41,46)/b31-19-. The number of nitrogens with zero attached hydrogens (tertiary/aromatic N) is 2. The van der Waals surface area contributed by atoms with Crippen molar-refractivity contribution in [3.8, 4) is 11.8 Å². The van der Waals surface area contributed by atoms with Crippen LogP contribution in [0.3, 0.4) is 0 Å². The zero-order chi connectivity index (χ0) is 34.9. The van der Waals surface area contributed by atoms with Gasteiger partial charge < -0.3 is 25.6 Å². The van der Waals surface area contributed by atoms with Crippen LogP contribution in [0.1, 0.15) is 52.2 Å². The van der Waals surface area contributed by atoms with Gasteiger partial charge in [-0.05, 0) is 72.5 Å². The largest absolute Gasteiger partial charge is 0.497 e. The molecule has 2 heterocycles. The Morgan fingerprint density at radius 2 is 1.82 bits per heavy atom. The molecule has 0 aliphatic carbocycles. The van der Waals surface area contributed by atoms with Crippen molar-refractivity contribution >= 4 is 63.5 Å². The number of amides is 4. The monoisotopic (exact) mass is 693 g/mol. The summed E-state index contributed by atoms with van der Waals surface area (Å²) in [5, 5.41) is 18.5. The molecule has 4 amide bonds. The van der Waals surface area contributed by atoms with E-state index in [1.807, 2.05) is 13.0 Å². The molecule has 1 unspecified atom stereocenters. The highest BCUT2D eigenvalue weighted by atomic mass is 32.2. The van der Waals surface area contributed by atoms with E-state index in [0.29, 0.717) is 59.1 Å². The molecule has 1 aliphatic heterocycles. The van der Waals surface area contributed by atoms with Gasteiger partial charge in [0.05, 0.1) is 24.5 Å². The highest BCUT2D eigenvalue weighted by Crippen LogP contribution is 2.37. The molecule has 1 atom stereocenters. The van der Waals surface area contributed by atoms with E-state index in [2.05, 4.69) is 22.0 Å². The maximum Gasteiger partial charge on any atom is 0.272 e. The van der Waals surface area contributed by atoms with Crippen LogP contribution < -0.4 is 20.7 Å². The first-order chi connectivity index (χ1) is 23.7. The van der Waals surface area contributed by atoms with E-state index in [1.54, 1.807) is 90.9 Å². The van der Waals surface area contributed by atoms with Crippen molar-refractivity contribution in [1.82, 2.24) is 10.2 Å². The Morgan fingerprint density at radius 1 is 1.04 bits per heavy atom. The molecule has 4 aromatic rings. The van der Waals surface area contributed by atoms with Gasteiger partial charge in [0.1, 0.15) is 22.5 Å². The minimum absolute atomic E-state index is 0.0231. The Morgan fingerprint density at radius 3 is 2.53 bits per heavy atom. The van der Waals surface area contributed by atoms with E-state index in [4.69, 9.17) is 4.74 Å². The highest BCUT2D eigenvalue weighted by molar-refractivity contribution is 8.00. The van der Waals surface area contributed by atoms with Crippen LogP contribution in [0.5, 0.6) is 5.75 Å². The molecule has 49 heavy (non-hydrogen) atoms. The second-order valence-corrected chi connectivity index (χ2v) is 13.5. The number of nitrogens with one attached hydrogen (secondary N) is 3. The quantitative estimate of drug-likeness (QED) is 0.121. The van der Waals surface area contributed by atoms with Crippen molar-refractivity contribution in [2.75, 3.05) is 24.3 Å². The second-order valence-electron chi connectivity index (χ2n) is 11.2. The van der Waals surface area contributed by atoms with Crippen LogP contribution in [0, 0.1) is 11.3 Å². The minimum atomic E-state index is -0.534. The summed E-state index contributed by atoms with van der Waals surface area (Å²) in [5.41, 5.74) is 2.91. The number of carbonyl (C=O) groups excluding carboxylic acids is 4. The van der Waals surface area contributed by atoms with Crippen LogP contribution in [0.15, 0.2) is 89.5 Å². The van der Waals surface area contributed by atoms with Crippen LogP contribution >= 0.6 is 23.1 Å². The number of nitriles is 1. The molecule has 5 rings (SSSR count). The fourth-order valence-electron chi connectivity index (χ4n) is 5.24. The van der Waals surface area contributed by atoms with E-state index in [0.717, 1.165) is 15.3 Å². The summed E-state index contributed by atoms with van der Waals surface area (Å²) in [4.78, 5) is 55.4. The van der Waals surface area contributed by atoms with Crippen LogP contribution in [-0.2, 0) is 27.3 Å². The lowest BCUT2D eigenvalue weighted by molar-refractivity contribution is -0.129. The van der Waals surface area contributed by atoms with Gasteiger partial charge in [-0.15, -0.1) is 23.1 Å². The smallest absolute Gasteiger partial charge is 0.272 e. The number of benzene rings is 3. The number of ether oxygens (including phenoxy) is 1. The molecule has 3 aromatic carbocycles. The number of fused-ring (bicyclic) bond motifs is 1. The van der Waals surface area contributed by atoms with Gasteiger partial charge in [0.25, 0.3) is 11.8 Å². The SMILES string of the molecule is CCC(Sc1cccc(NC(=O)/C(=C/c2cccc(OC)c2)NC(=O)c2ccccc2)c1)C(=O)Nc1sc2c(c1C#N)CCN(C(C)=O)C2. The maximum atomic E-state index is 13.6. The van der Waals surface area contributed by atoms with Gasteiger partial charge in [0.2, 0.25) is 11.8 Å². The van der Waals surface area contributed by atoms with Gasteiger partial charge in [0.15, 0.2) is 0 Å². The molecule has 0 bridgehead atoms. The Labute approximate surface area is 293 Å². The number of rotatable bonds is 11. The topological polar surface area (TPSA) is 141 Å². The molecule has 1 aliphatic rings. The number of thioether (sulfide) groups is 1. The summed E-state index contributed by atoms with van der Waals surface area (Å²) < 4.78 is 5.31. The lowest BCUT2D eigenvalue weighted by Crippen LogP contribution is -2.33. The van der Waals surface area contributed by atoms with E-state index < -0.39 is 17.1 Å². The summed E-state index contributed by atoms with van der Waals surface area (Å²) in [5.74, 6) is -0.636. The number of hydrogen-bond acceptors (Lipinski definition) is 8. The number of carbonyl (C=O) groups is 4. The fourth-order valence-corrected chi connectivity index (χ4v) is 7.47. The first-order valence-electron chi connectivity index (χ1n) is 15.6. The van der Waals surface area contributed by atoms with Crippen molar-refractivity contribution in [3.05, 3.63) is 112 Å². The van der Waals surface area contributed by atoms with Gasteiger partial charge in [-0.3, -0.25) is 19.2 Å². The molecule has 0 saturated carbocycles. The number of hydrogen-bond donors (Lipinski definition) is 3. The van der Waals surface area contributed by atoms with Crippen molar-refractivity contribution < 1.29 is 23.9 Å². The Bertz CT molecular complexity index is 1950. The van der Waals surface area contributed by atoms with Gasteiger partial charge in [-0.25, -0.2) is 0 Å². The van der Waals surface area contributed by atoms with Crippen molar-refractivity contribution in [2.24, 2.45) is 0 Å². The average molecular weight is 694 g/mol. The van der Waals surface area contributed by atoms with Crippen LogP contribution in [0.2, 0.25) is 0 Å². The Hall–Kier alpha value is -5.38. The molecular weight excluding hydrogens is 659 g/mol. The molecule has 0 radical (unpaired) electrons. The Balaban J connectivity index is 1.31. The predicted molar refractivity (Wildman–Crippen MR) is 192 cm³/mol. The third-order valence-electron chi connectivity index (χ3n) is 7.82. The second kappa shape index (κ2) is 16.1. The van der Waals surface area contributed by atoms with E-state index in [9.17, 15) is 24.4 Å². The van der Waals surface area contributed by atoms with Gasteiger partial charge in [-0.1, -0.05) is 43.3 Å². The molecule has 1 aromatic heterocycles. The van der Waals surface area contributed by atoms with Crippen LogP contribution in [0.25, 0.3) is 6.08 Å². The summed E-state index contributed by atoms with van der Waals surface area (Å²) >= 11 is 2.68. The lowest BCUT2D eigenvalue weighted by atomic mass is 10.0. The minimum Gasteiger partial charge on any atom is -0.497 e. The number of methoxy groups -OCH3 is 1. The van der Waals surface area contributed by atoms with Crippen LogP contribution in [-0.4, -0.2) is 47.4 Å². The third-order valence-corrected chi connectivity index (χ3v) is 10.3. The Kier molecular flexibility index (Phi) is 11.5. The predicted octanol–water partition coefficient (Wildman–Crippen LogP) is 6.45. The summed E-state index contributed by atoms with van der Waals surface area (Å²) in [6, 6.07) is 25.1. The maximum absolute atomic E-state index is 13.6. The molecule has 12 heteroatoms. The molecule has 0 spiro atoms. The number of thiophene rings is 1. The number of anilines is 2. The average Bonchev–Trinajstić information content (AvgIpc) is 3.46.